The van der Waals surface area contributed by atoms with Crippen LogP contribution >= 0.6 is 24.5 Å². The van der Waals surface area contributed by atoms with Crippen LogP contribution in [0.1, 0.15) is 19.3 Å². The van der Waals surface area contributed by atoms with Gasteiger partial charge in [-0.05, 0) is 12.8 Å². The third kappa shape index (κ3) is 3.39. The van der Waals surface area contributed by atoms with Crippen molar-refractivity contribution in [3.63, 3.8) is 0 Å². The number of hydrogen-bond donors (Lipinski definition) is 0. The smallest absolute Gasteiger partial charge is 0.109 e. The molecule has 0 amide bonds. The molecule has 1 aliphatic rings. The van der Waals surface area contributed by atoms with Crippen LogP contribution < -0.4 is 0 Å². The predicted octanol–water partition coefficient (Wildman–Crippen LogP) is 2.22. The van der Waals surface area contributed by atoms with Gasteiger partial charge in [-0.25, -0.2) is 4.31 Å². The SMILES string of the molecule is Cl.O=NSN1CCCCC1. The van der Waals surface area contributed by atoms with Gasteiger partial charge in [0.1, 0.15) is 12.1 Å². The summed E-state index contributed by atoms with van der Waals surface area (Å²) in [5.41, 5.74) is 0. The summed E-state index contributed by atoms with van der Waals surface area (Å²) in [7, 11) is 0. The number of rotatable bonds is 2. The van der Waals surface area contributed by atoms with Gasteiger partial charge in [-0.1, -0.05) is 6.42 Å². The van der Waals surface area contributed by atoms with Crippen LogP contribution in [0.15, 0.2) is 4.58 Å². The molecule has 0 aromatic carbocycles. The summed E-state index contributed by atoms with van der Waals surface area (Å²) in [5.74, 6) is 0. The van der Waals surface area contributed by atoms with Gasteiger partial charge in [0.25, 0.3) is 0 Å². The Balaban J connectivity index is 0.000000810. The average Bonchev–Trinajstić information content (AvgIpc) is 1.91. The van der Waals surface area contributed by atoms with Gasteiger partial charge in [0.2, 0.25) is 0 Å². The highest BCUT2D eigenvalue weighted by atomic mass is 35.5. The topological polar surface area (TPSA) is 32.7 Å². The Kier molecular flexibility index (Phi) is 6.06. The van der Waals surface area contributed by atoms with Gasteiger partial charge in [-0.3, -0.25) is 0 Å². The maximum Gasteiger partial charge on any atom is 0.109 e. The monoisotopic (exact) mass is 182 g/mol. The van der Waals surface area contributed by atoms with E-state index in [-0.39, 0.29) is 12.4 Å². The van der Waals surface area contributed by atoms with Gasteiger partial charge >= 0.3 is 0 Å². The van der Waals surface area contributed by atoms with E-state index in [1.807, 2.05) is 4.31 Å². The van der Waals surface area contributed by atoms with Crippen LogP contribution in [0.25, 0.3) is 0 Å². The zero-order valence-electron chi connectivity index (χ0n) is 5.65. The van der Waals surface area contributed by atoms with Crippen molar-refractivity contribution in [1.82, 2.24) is 4.31 Å². The molecule has 1 heterocycles. The lowest BCUT2D eigenvalue weighted by Gasteiger charge is -2.20. The lowest BCUT2D eigenvalue weighted by molar-refractivity contribution is 0.381. The largest absolute Gasteiger partial charge is 0.228 e. The van der Waals surface area contributed by atoms with Crippen molar-refractivity contribution in [3.8, 4) is 0 Å². The second-order valence-electron chi connectivity index (χ2n) is 2.15. The third-order valence-corrected chi connectivity index (χ3v) is 2.13. The van der Waals surface area contributed by atoms with Gasteiger partial charge in [0.15, 0.2) is 0 Å². The molecule has 5 heteroatoms. The van der Waals surface area contributed by atoms with Crippen molar-refractivity contribution in [1.29, 1.82) is 0 Å². The van der Waals surface area contributed by atoms with E-state index in [1.54, 1.807) is 0 Å². The maximum absolute atomic E-state index is 9.74. The first-order chi connectivity index (χ1) is 4.43. The van der Waals surface area contributed by atoms with Gasteiger partial charge in [-0.15, -0.1) is 17.3 Å². The third-order valence-electron chi connectivity index (χ3n) is 1.46. The number of piperidine rings is 1. The Bertz CT molecular complexity index is 97.6. The van der Waals surface area contributed by atoms with Crippen molar-refractivity contribution in [2.45, 2.75) is 19.3 Å². The van der Waals surface area contributed by atoms with Crippen LogP contribution in [0.5, 0.6) is 0 Å². The van der Waals surface area contributed by atoms with Gasteiger partial charge in [0.05, 0.1) is 0 Å². The van der Waals surface area contributed by atoms with E-state index in [0.29, 0.717) is 0 Å². The van der Waals surface area contributed by atoms with Crippen LogP contribution in [-0.4, -0.2) is 17.4 Å². The zero-order chi connectivity index (χ0) is 6.53. The van der Waals surface area contributed by atoms with E-state index in [9.17, 15) is 4.91 Å². The molecule has 1 rings (SSSR count). The van der Waals surface area contributed by atoms with Gasteiger partial charge in [-0.2, -0.15) is 0 Å². The van der Waals surface area contributed by atoms with E-state index in [4.69, 9.17) is 0 Å². The van der Waals surface area contributed by atoms with Crippen LogP contribution in [0.3, 0.4) is 0 Å². The highest BCUT2D eigenvalue weighted by Gasteiger charge is 2.09. The van der Waals surface area contributed by atoms with Crippen molar-refractivity contribution in [3.05, 3.63) is 4.91 Å². The fraction of sp³-hybridized carbons (Fsp3) is 1.00. The lowest BCUT2D eigenvalue weighted by Crippen LogP contribution is -2.21. The van der Waals surface area contributed by atoms with E-state index in [1.165, 1.54) is 19.3 Å². The Morgan fingerprint density at radius 1 is 1.20 bits per heavy atom. The standard InChI is InChI=1S/C5H10N2OS.ClH/c8-6-9-7-4-2-1-3-5-7;/h1-5H2;1H. The summed E-state index contributed by atoms with van der Waals surface area (Å²) in [6, 6.07) is 0. The predicted molar refractivity (Wildman–Crippen MR) is 46.1 cm³/mol. The Morgan fingerprint density at radius 3 is 2.30 bits per heavy atom. The molecule has 1 fully saturated rings. The second kappa shape index (κ2) is 5.95. The zero-order valence-corrected chi connectivity index (χ0v) is 7.29. The van der Waals surface area contributed by atoms with Crippen LogP contribution in [0, 0.1) is 4.91 Å². The van der Waals surface area contributed by atoms with E-state index >= 15 is 0 Å². The minimum atomic E-state index is 0. The molecule has 3 nitrogen and oxygen atoms in total. The van der Waals surface area contributed by atoms with Crippen molar-refractivity contribution >= 4 is 24.5 Å². The molecule has 0 atom stereocenters. The first-order valence-electron chi connectivity index (χ1n) is 3.18. The first kappa shape index (κ1) is 10.2. The second-order valence-corrected chi connectivity index (χ2v) is 2.97. The molecule has 1 aliphatic heterocycles. The molecule has 0 aromatic heterocycles. The normalized spacial score (nSPS) is 19.6. The molecule has 0 N–H and O–H groups in total. The van der Waals surface area contributed by atoms with E-state index in [0.717, 1.165) is 25.2 Å². The van der Waals surface area contributed by atoms with E-state index < -0.39 is 0 Å². The summed E-state index contributed by atoms with van der Waals surface area (Å²) in [4.78, 5) is 9.74. The minimum Gasteiger partial charge on any atom is -0.228 e. The summed E-state index contributed by atoms with van der Waals surface area (Å²) in [5, 5.41) is 0. The van der Waals surface area contributed by atoms with E-state index in [2.05, 4.69) is 4.58 Å². The van der Waals surface area contributed by atoms with Gasteiger partial charge < -0.3 is 0 Å². The maximum atomic E-state index is 9.74. The van der Waals surface area contributed by atoms with Crippen molar-refractivity contribution in [2.24, 2.45) is 4.58 Å². The highest BCUT2D eigenvalue weighted by Crippen LogP contribution is 2.17. The fourth-order valence-corrected chi connectivity index (χ4v) is 1.51. The number of halogens is 1. The molecule has 0 aliphatic carbocycles. The molecular formula is C5H11ClN2OS. The molecule has 60 valence electrons. The first-order valence-corrected chi connectivity index (χ1v) is 3.91. The molecule has 0 aromatic rings. The molecule has 0 saturated carbocycles. The summed E-state index contributed by atoms with van der Waals surface area (Å²) >= 11 is 1.05. The van der Waals surface area contributed by atoms with Crippen molar-refractivity contribution in [2.75, 3.05) is 13.1 Å². The molecular weight excluding hydrogens is 172 g/mol. The van der Waals surface area contributed by atoms with Crippen LogP contribution in [0.2, 0.25) is 0 Å². The number of nitrogens with zero attached hydrogens (tertiary/aromatic N) is 2. The van der Waals surface area contributed by atoms with Crippen molar-refractivity contribution < 1.29 is 0 Å². The minimum absolute atomic E-state index is 0. The highest BCUT2D eigenvalue weighted by molar-refractivity contribution is 7.95. The molecule has 0 radical (unpaired) electrons. The molecule has 1 saturated heterocycles. The van der Waals surface area contributed by atoms with Crippen LogP contribution in [-0.2, 0) is 0 Å². The molecule has 0 spiro atoms. The quantitative estimate of drug-likeness (QED) is 0.485. The average molecular weight is 183 g/mol. The summed E-state index contributed by atoms with van der Waals surface area (Å²) in [6.07, 6.45) is 3.72. The number of nitroso groups, excluding NO2 is 1. The molecule has 0 unspecified atom stereocenters. The Hall–Kier alpha value is 0.200. The molecule has 10 heavy (non-hydrogen) atoms. The Morgan fingerprint density at radius 2 is 1.80 bits per heavy atom. The Labute approximate surface area is 71.2 Å². The summed E-state index contributed by atoms with van der Waals surface area (Å²) < 4.78 is 4.76. The summed E-state index contributed by atoms with van der Waals surface area (Å²) in [6.45, 7) is 2.05. The fourth-order valence-electron chi connectivity index (χ4n) is 0.994. The lowest BCUT2D eigenvalue weighted by atomic mass is 10.2. The van der Waals surface area contributed by atoms with Crippen LogP contribution in [0.4, 0.5) is 0 Å². The molecule has 0 bridgehead atoms. The number of hydrogen-bond acceptors (Lipinski definition) is 4. The van der Waals surface area contributed by atoms with Gasteiger partial charge in [0, 0.05) is 17.7 Å².